The summed E-state index contributed by atoms with van der Waals surface area (Å²) >= 11 is 0. The van der Waals surface area contributed by atoms with Gasteiger partial charge in [-0.15, -0.1) is 0 Å². The molecule has 2 aliphatic heterocycles. The van der Waals surface area contributed by atoms with E-state index in [1.54, 1.807) is 0 Å². The average molecular weight is 267 g/mol. The molecule has 1 amide bonds. The van der Waals surface area contributed by atoms with Crippen molar-refractivity contribution in [2.24, 2.45) is 11.8 Å². The van der Waals surface area contributed by atoms with Crippen LogP contribution in [0.4, 0.5) is 0 Å². The van der Waals surface area contributed by atoms with Gasteiger partial charge in [0, 0.05) is 19.5 Å². The van der Waals surface area contributed by atoms with E-state index in [1.165, 1.54) is 32.2 Å². The summed E-state index contributed by atoms with van der Waals surface area (Å²) in [6.07, 6.45) is 6.79. The van der Waals surface area contributed by atoms with Gasteiger partial charge in [-0.25, -0.2) is 0 Å². The Bertz CT molecular complexity index is 277. The number of piperidine rings is 2. The van der Waals surface area contributed by atoms with Gasteiger partial charge in [-0.05, 0) is 70.6 Å². The Balaban J connectivity index is 1.56. The summed E-state index contributed by atoms with van der Waals surface area (Å²) in [6, 6.07) is 0. The molecule has 4 nitrogen and oxygen atoms in total. The molecule has 1 atom stereocenters. The summed E-state index contributed by atoms with van der Waals surface area (Å²) in [4.78, 5) is 14.2. The normalized spacial score (nSPS) is 26.3. The molecule has 2 aliphatic rings. The predicted molar refractivity (Wildman–Crippen MR) is 78.1 cm³/mol. The molecule has 0 aromatic rings. The SMILES string of the molecule is CN1CCCC(CNC(=O)CCC2CCNCC2)C1. The topological polar surface area (TPSA) is 44.4 Å². The third-order valence-electron chi connectivity index (χ3n) is 4.55. The van der Waals surface area contributed by atoms with Crippen molar-refractivity contribution in [3.05, 3.63) is 0 Å². The molecule has 0 aromatic heterocycles. The highest BCUT2D eigenvalue weighted by atomic mass is 16.1. The number of hydrogen-bond acceptors (Lipinski definition) is 3. The molecular formula is C15H29N3O. The van der Waals surface area contributed by atoms with E-state index >= 15 is 0 Å². The van der Waals surface area contributed by atoms with E-state index in [-0.39, 0.29) is 5.91 Å². The largest absolute Gasteiger partial charge is 0.356 e. The first-order chi connectivity index (χ1) is 9.24. The van der Waals surface area contributed by atoms with Gasteiger partial charge in [-0.3, -0.25) is 4.79 Å². The number of rotatable bonds is 5. The van der Waals surface area contributed by atoms with Crippen LogP contribution in [-0.4, -0.2) is 50.6 Å². The first-order valence-corrected chi connectivity index (χ1v) is 7.90. The van der Waals surface area contributed by atoms with Gasteiger partial charge >= 0.3 is 0 Å². The van der Waals surface area contributed by atoms with Gasteiger partial charge in [0.2, 0.25) is 5.91 Å². The van der Waals surface area contributed by atoms with Gasteiger partial charge in [0.05, 0.1) is 0 Å². The third-order valence-corrected chi connectivity index (χ3v) is 4.55. The van der Waals surface area contributed by atoms with Crippen LogP contribution in [0.1, 0.15) is 38.5 Å². The number of likely N-dealkylation sites (tertiary alicyclic amines) is 1. The number of carbonyl (C=O) groups excluding carboxylic acids is 1. The van der Waals surface area contributed by atoms with E-state index in [0.29, 0.717) is 12.3 Å². The quantitative estimate of drug-likeness (QED) is 0.787. The summed E-state index contributed by atoms with van der Waals surface area (Å²) in [5.41, 5.74) is 0. The minimum Gasteiger partial charge on any atom is -0.356 e. The van der Waals surface area contributed by atoms with Gasteiger partial charge in [-0.1, -0.05) is 0 Å². The van der Waals surface area contributed by atoms with Crippen LogP contribution >= 0.6 is 0 Å². The maximum Gasteiger partial charge on any atom is 0.220 e. The Morgan fingerprint density at radius 2 is 2.05 bits per heavy atom. The highest BCUT2D eigenvalue weighted by Crippen LogP contribution is 2.18. The van der Waals surface area contributed by atoms with Crippen molar-refractivity contribution in [1.29, 1.82) is 0 Å². The lowest BCUT2D eigenvalue weighted by Gasteiger charge is -2.29. The van der Waals surface area contributed by atoms with Gasteiger partial charge in [0.15, 0.2) is 0 Å². The molecule has 2 fully saturated rings. The zero-order chi connectivity index (χ0) is 13.5. The second kappa shape index (κ2) is 7.85. The fourth-order valence-corrected chi connectivity index (χ4v) is 3.29. The first-order valence-electron chi connectivity index (χ1n) is 7.90. The van der Waals surface area contributed by atoms with E-state index in [0.717, 1.165) is 38.5 Å². The van der Waals surface area contributed by atoms with Crippen molar-refractivity contribution in [3.8, 4) is 0 Å². The zero-order valence-corrected chi connectivity index (χ0v) is 12.3. The van der Waals surface area contributed by atoms with Crippen molar-refractivity contribution < 1.29 is 4.79 Å². The predicted octanol–water partition coefficient (Wildman–Crippen LogP) is 1.22. The minimum absolute atomic E-state index is 0.256. The van der Waals surface area contributed by atoms with Crippen LogP contribution in [0.3, 0.4) is 0 Å². The van der Waals surface area contributed by atoms with E-state index in [9.17, 15) is 4.79 Å². The number of amides is 1. The molecule has 0 bridgehead atoms. The third kappa shape index (κ3) is 5.49. The molecule has 0 spiro atoms. The first kappa shape index (κ1) is 14.8. The zero-order valence-electron chi connectivity index (χ0n) is 12.3. The van der Waals surface area contributed by atoms with E-state index in [2.05, 4.69) is 22.6 Å². The highest BCUT2D eigenvalue weighted by molar-refractivity contribution is 5.75. The van der Waals surface area contributed by atoms with Gasteiger partial charge in [0.25, 0.3) is 0 Å². The summed E-state index contributed by atoms with van der Waals surface area (Å²) < 4.78 is 0. The van der Waals surface area contributed by atoms with Crippen LogP contribution in [0, 0.1) is 11.8 Å². The lowest BCUT2D eigenvalue weighted by atomic mass is 9.93. The van der Waals surface area contributed by atoms with Crippen LogP contribution in [-0.2, 0) is 4.79 Å². The van der Waals surface area contributed by atoms with E-state index < -0.39 is 0 Å². The number of nitrogens with one attached hydrogen (secondary N) is 2. The van der Waals surface area contributed by atoms with E-state index in [4.69, 9.17) is 0 Å². The second-order valence-corrected chi connectivity index (χ2v) is 6.31. The maximum absolute atomic E-state index is 11.9. The fraction of sp³-hybridized carbons (Fsp3) is 0.933. The molecule has 0 aromatic carbocycles. The smallest absolute Gasteiger partial charge is 0.220 e. The van der Waals surface area contributed by atoms with Crippen LogP contribution < -0.4 is 10.6 Å². The van der Waals surface area contributed by atoms with E-state index in [1.807, 2.05) is 0 Å². The molecule has 1 unspecified atom stereocenters. The minimum atomic E-state index is 0.256. The molecule has 110 valence electrons. The summed E-state index contributed by atoms with van der Waals surface area (Å²) in [6.45, 7) is 5.46. The molecule has 2 heterocycles. The molecule has 0 radical (unpaired) electrons. The Kier molecular flexibility index (Phi) is 6.11. The number of carbonyl (C=O) groups is 1. The lowest BCUT2D eigenvalue weighted by molar-refractivity contribution is -0.121. The standard InChI is InChI=1S/C15H29N3O/c1-18-10-2-3-14(12-18)11-17-15(19)5-4-13-6-8-16-9-7-13/h13-14,16H,2-12H2,1H3,(H,17,19). The Morgan fingerprint density at radius 1 is 1.26 bits per heavy atom. The monoisotopic (exact) mass is 267 g/mol. The van der Waals surface area contributed by atoms with Crippen molar-refractivity contribution >= 4 is 5.91 Å². The molecular weight excluding hydrogens is 238 g/mol. The summed E-state index contributed by atoms with van der Waals surface area (Å²) in [5, 5.41) is 6.50. The number of nitrogens with zero attached hydrogens (tertiary/aromatic N) is 1. The molecule has 0 aliphatic carbocycles. The summed E-state index contributed by atoms with van der Waals surface area (Å²) in [7, 11) is 2.17. The Morgan fingerprint density at radius 3 is 2.79 bits per heavy atom. The highest BCUT2D eigenvalue weighted by Gasteiger charge is 2.18. The van der Waals surface area contributed by atoms with Gasteiger partial charge in [-0.2, -0.15) is 0 Å². The molecule has 4 heteroatoms. The van der Waals surface area contributed by atoms with Gasteiger partial charge < -0.3 is 15.5 Å². The molecule has 2 saturated heterocycles. The van der Waals surface area contributed by atoms with Crippen molar-refractivity contribution in [2.45, 2.75) is 38.5 Å². The Labute approximate surface area is 117 Å². The second-order valence-electron chi connectivity index (χ2n) is 6.31. The van der Waals surface area contributed by atoms with Gasteiger partial charge in [0.1, 0.15) is 0 Å². The van der Waals surface area contributed by atoms with Crippen molar-refractivity contribution in [2.75, 3.05) is 39.8 Å². The van der Waals surface area contributed by atoms with Crippen LogP contribution in [0.5, 0.6) is 0 Å². The fourth-order valence-electron chi connectivity index (χ4n) is 3.29. The molecule has 0 saturated carbocycles. The average Bonchev–Trinajstić information content (AvgIpc) is 2.44. The molecule has 2 N–H and O–H groups in total. The molecule has 19 heavy (non-hydrogen) atoms. The van der Waals surface area contributed by atoms with Crippen LogP contribution in [0.15, 0.2) is 0 Å². The molecule has 2 rings (SSSR count). The lowest BCUT2D eigenvalue weighted by Crippen LogP contribution is -2.39. The van der Waals surface area contributed by atoms with Crippen molar-refractivity contribution in [1.82, 2.24) is 15.5 Å². The maximum atomic E-state index is 11.9. The van der Waals surface area contributed by atoms with Crippen molar-refractivity contribution in [3.63, 3.8) is 0 Å². The number of hydrogen-bond donors (Lipinski definition) is 2. The summed E-state index contributed by atoms with van der Waals surface area (Å²) in [5.74, 6) is 1.67. The Hall–Kier alpha value is -0.610. The van der Waals surface area contributed by atoms with Crippen LogP contribution in [0.25, 0.3) is 0 Å². The van der Waals surface area contributed by atoms with Crippen LogP contribution in [0.2, 0.25) is 0 Å².